The van der Waals surface area contributed by atoms with E-state index in [1.165, 1.54) is 0 Å². The monoisotopic (exact) mass is 302 g/mol. The minimum absolute atomic E-state index is 0.0840. The number of halogens is 1. The van der Waals surface area contributed by atoms with Crippen molar-refractivity contribution < 1.29 is 0 Å². The molecule has 0 saturated heterocycles. The van der Waals surface area contributed by atoms with Gasteiger partial charge >= 0.3 is 0 Å². The zero-order valence-electron chi connectivity index (χ0n) is 10.5. The molecule has 20 heavy (non-hydrogen) atoms. The van der Waals surface area contributed by atoms with Crippen LogP contribution in [0.4, 0.5) is 0 Å². The molecule has 0 bridgehead atoms. The number of rotatable bonds is 2. The summed E-state index contributed by atoms with van der Waals surface area (Å²) in [7, 11) is 0. The molecular weight excluding hydrogens is 292 g/mol. The SMILES string of the molecule is O=c1c2ccccc2[nH]c(=S)n1Cc1ccc(Cl)cc1. The third-order valence-electron chi connectivity index (χ3n) is 3.14. The molecule has 0 unspecified atom stereocenters. The predicted octanol–water partition coefficient (Wildman–Crippen LogP) is 3.76. The van der Waals surface area contributed by atoms with Gasteiger partial charge in [0.15, 0.2) is 4.77 Å². The van der Waals surface area contributed by atoms with E-state index in [9.17, 15) is 4.79 Å². The lowest BCUT2D eigenvalue weighted by molar-refractivity contribution is 0.734. The van der Waals surface area contributed by atoms with Crippen LogP contribution in [-0.2, 0) is 6.54 Å². The van der Waals surface area contributed by atoms with Crippen LogP contribution in [0.3, 0.4) is 0 Å². The van der Waals surface area contributed by atoms with Crippen molar-refractivity contribution in [3.63, 3.8) is 0 Å². The summed E-state index contributed by atoms with van der Waals surface area (Å²) < 4.78 is 1.98. The molecule has 1 N–H and O–H groups in total. The summed E-state index contributed by atoms with van der Waals surface area (Å²) >= 11 is 11.1. The first-order valence-electron chi connectivity index (χ1n) is 6.11. The van der Waals surface area contributed by atoms with Crippen LogP contribution in [-0.4, -0.2) is 9.55 Å². The second kappa shape index (κ2) is 5.23. The van der Waals surface area contributed by atoms with Crippen LogP contribution in [0.15, 0.2) is 53.3 Å². The Balaban J connectivity index is 2.14. The van der Waals surface area contributed by atoms with E-state index >= 15 is 0 Å². The Labute approximate surface area is 125 Å². The van der Waals surface area contributed by atoms with E-state index in [1.807, 2.05) is 30.3 Å². The van der Waals surface area contributed by atoms with E-state index < -0.39 is 0 Å². The molecule has 3 rings (SSSR count). The van der Waals surface area contributed by atoms with Crippen LogP contribution in [0.1, 0.15) is 5.56 Å². The van der Waals surface area contributed by atoms with E-state index in [0.717, 1.165) is 11.1 Å². The third-order valence-corrected chi connectivity index (χ3v) is 3.72. The Bertz CT molecular complexity index is 881. The topological polar surface area (TPSA) is 37.8 Å². The van der Waals surface area contributed by atoms with E-state index in [0.29, 0.717) is 21.7 Å². The number of hydrogen-bond donors (Lipinski definition) is 1. The molecule has 0 amide bonds. The molecule has 0 fully saturated rings. The first-order chi connectivity index (χ1) is 9.65. The Morgan fingerprint density at radius 2 is 1.80 bits per heavy atom. The minimum atomic E-state index is -0.0840. The molecule has 2 aromatic carbocycles. The maximum Gasteiger partial charge on any atom is 0.262 e. The summed E-state index contributed by atoms with van der Waals surface area (Å²) in [5, 5.41) is 1.31. The van der Waals surface area contributed by atoms with Crippen molar-refractivity contribution >= 4 is 34.7 Å². The normalized spacial score (nSPS) is 10.8. The highest BCUT2D eigenvalue weighted by molar-refractivity contribution is 7.71. The summed E-state index contributed by atoms with van der Waals surface area (Å²) in [5.74, 6) is 0. The number of hydrogen-bond acceptors (Lipinski definition) is 2. The average molecular weight is 303 g/mol. The fraction of sp³-hybridized carbons (Fsp3) is 0.0667. The van der Waals surface area contributed by atoms with E-state index in [-0.39, 0.29) is 5.56 Å². The number of H-pyrrole nitrogens is 1. The van der Waals surface area contributed by atoms with Gasteiger partial charge in [-0.1, -0.05) is 35.9 Å². The maximum atomic E-state index is 12.5. The van der Waals surface area contributed by atoms with Crippen molar-refractivity contribution in [2.24, 2.45) is 0 Å². The molecule has 0 spiro atoms. The lowest BCUT2D eigenvalue weighted by atomic mass is 10.2. The van der Waals surface area contributed by atoms with Gasteiger partial charge in [-0.25, -0.2) is 0 Å². The number of aromatic amines is 1. The summed E-state index contributed by atoms with van der Waals surface area (Å²) in [6.45, 7) is 0.427. The summed E-state index contributed by atoms with van der Waals surface area (Å²) in [5.41, 5.74) is 1.65. The van der Waals surface area contributed by atoms with Crippen molar-refractivity contribution in [1.29, 1.82) is 0 Å². The fourth-order valence-electron chi connectivity index (χ4n) is 2.11. The van der Waals surface area contributed by atoms with E-state index in [2.05, 4.69) is 4.98 Å². The van der Waals surface area contributed by atoms with Crippen molar-refractivity contribution in [2.45, 2.75) is 6.54 Å². The molecule has 0 aliphatic rings. The summed E-state index contributed by atoms with van der Waals surface area (Å²) in [4.78, 5) is 15.6. The van der Waals surface area contributed by atoms with Crippen molar-refractivity contribution in [3.8, 4) is 0 Å². The molecule has 3 nitrogen and oxygen atoms in total. The highest BCUT2D eigenvalue weighted by Gasteiger charge is 2.05. The number of benzene rings is 2. The maximum absolute atomic E-state index is 12.5. The van der Waals surface area contributed by atoms with Crippen LogP contribution in [0.25, 0.3) is 10.9 Å². The lowest BCUT2D eigenvalue weighted by Crippen LogP contribution is -2.22. The molecule has 100 valence electrons. The number of nitrogens with one attached hydrogen (secondary N) is 1. The summed E-state index contributed by atoms with van der Waals surface area (Å²) in [6.07, 6.45) is 0. The molecule has 5 heteroatoms. The Hall–Kier alpha value is -1.91. The van der Waals surface area contributed by atoms with Crippen molar-refractivity contribution in [2.75, 3.05) is 0 Å². The van der Waals surface area contributed by atoms with Gasteiger partial charge < -0.3 is 4.98 Å². The highest BCUT2D eigenvalue weighted by atomic mass is 35.5. The third kappa shape index (κ3) is 2.40. The Morgan fingerprint density at radius 1 is 1.10 bits per heavy atom. The molecule has 0 saturated carbocycles. The highest BCUT2D eigenvalue weighted by Crippen LogP contribution is 2.11. The lowest BCUT2D eigenvalue weighted by Gasteiger charge is -2.08. The standard InChI is InChI=1S/C15H11ClN2OS/c16-11-7-5-10(6-8-11)9-18-14(19)12-3-1-2-4-13(12)17-15(18)20/h1-8H,9H2,(H,17,20). The molecule has 3 aromatic rings. The molecule has 0 aliphatic heterocycles. The average Bonchev–Trinajstić information content (AvgIpc) is 2.45. The van der Waals surface area contributed by atoms with Gasteiger partial charge in [0.2, 0.25) is 0 Å². The Morgan fingerprint density at radius 3 is 2.55 bits per heavy atom. The molecule has 0 aliphatic carbocycles. The van der Waals surface area contributed by atoms with Gasteiger partial charge in [-0.2, -0.15) is 0 Å². The molecule has 0 radical (unpaired) electrons. The first-order valence-corrected chi connectivity index (χ1v) is 6.90. The van der Waals surface area contributed by atoms with Crippen molar-refractivity contribution in [3.05, 3.63) is 74.2 Å². The first kappa shape index (κ1) is 13.1. The van der Waals surface area contributed by atoms with Crippen LogP contribution in [0, 0.1) is 4.77 Å². The van der Waals surface area contributed by atoms with Crippen LogP contribution in [0.5, 0.6) is 0 Å². The quantitative estimate of drug-likeness (QED) is 0.732. The van der Waals surface area contributed by atoms with Gasteiger partial charge in [-0.15, -0.1) is 0 Å². The smallest absolute Gasteiger partial charge is 0.262 e. The molecule has 1 aromatic heterocycles. The molecular formula is C15H11ClN2OS. The second-order valence-electron chi connectivity index (χ2n) is 4.49. The summed E-state index contributed by atoms with van der Waals surface area (Å²) in [6, 6.07) is 14.7. The number of fused-ring (bicyclic) bond motifs is 1. The Kier molecular flexibility index (Phi) is 3.42. The van der Waals surface area contributed by atoms with Gasteiger partial charge in [-0.3, -0.25) is 9.36 Å². The second-order valence-corrected chi connectivity index (χ2v) is 5.32. The van der Waals surface area contributed by atoms with Gasteiger partial charge in [0.05, 0.1) is 17.4 Å². The van der Waals surface area contributed by atoms with E-state index in [4.69, 9.17) is 23.8 Å². The van der Waals surface area contributed by atoms with Gasteiger partial charge in [-0.05, 0) is 42.0 Å². The van der Waals surface area contributed by atoms with Gasteiger partial charge in [0.25, 0.3) is 5.56 Å². The largest absolute Gasteiger partial charge is 0.332 e. The van der Waals surface area contributed by atoms with Crippen LogP contribution in [0.2, 0.25) is 5.02 Å². The predicted molar refractivity (Wildman–Crippen MR) is 83.9 cm³/mol. The van der Waals surface area contributed by atoms with E-state index in [1.54, 1.807) is 22.8 Å². The van der Waals surface area contributed by atoms with Gasteiger partial charge in [0, 0.05) is 5.02 Å². The number of nitrogens with zero attached hydrogens (tertiary/aromatic N) is 1. The minimum Gasteiger partial charge on any atom is -0.332 e. The zero-order chi connectivity index (χ0) is 14.1. The van der Waals surface area contributed by atoms with Crippen molar-refractivity contribution in [1.82, 2.24) is 9.55 Å². The van der Waals surface area contributed by atoms with Gasteiger partial charge in [0.1, 0.15) is 0 Å². The molecule has 0 atom stereocenters. The number of aromatic nitrogens is 2. The van der Waals surface area contributed by atoms with Crippen LogP contribution >= 0.6 is 23.8 Å². The fourth-order valence-corrected chi connectivity index (χ4v) is 2.50. The number of para-hydroxylation sites is 1. The molecule has 1 heterocycles. The zero-order valence-corrected chi connectivity index (χ0v) is 12.0. The van der Waals surface area contributed by atoms with Crippen LogP contribution < -0.4 is 5.56 Å².